The molecule has 0 bridgehead atoms. The zero-order valence-electron chi connectivity index (χ0n) is 1.63. The molecule has 0 saturated heterocycles. The summed E-state index contributed by atoms with van der Waals surface area (Å²) < 4.78 is 28.8. The van der Waals surface area contributed by atoms with Gasteiger partial charge in [0.2, 0.25) is 0 Å². The summed E-state index contributed by atoms with van der Waals surface area (Å²) in [6, 6.07) is 0. The van der Waals surface area contributed by atoms with Gasteiger partial charge in [0, 0.05) is 0 Å². The molecule has 4 heavy (non-hydrogen) atoms. The average Bonchev–Trinajstić information content (AvgIpc) is 0.811. The Morgan fingerprint density at radius 1 is 1.00 bits per heavy atom. The van der Waals surface area contributed by atoms with Gasteiger partial charge in [-0.25, -0.2) is 0 Å². The molecule has 0 aliphatic carbocycles. The number of rotatable bonds is 0. The van der Waals surface area contributed by atoms with Crippen molar-refractivity contribution in [1.29, 1.82) is 0 Å². The van der Waals surface area contributed by atoms with Gasteiger partial charge in [0.25, 0.3) is 0 Å². The average molecular weight is 69.0 g/mol. The first-order chi connectivity index (χ1) is 1.73. The summed E-state index contributed by atoms with van der Waals surface area (Å²) in [6.45, 7) is -3.08. The van der Waals surface area contributed by atoms with E-state index in [1.54, 1.807) is 0 Å². The van der Waals surface area contributed by atoms with Gasteiger partial charge in [0.15, 0.2) is 0 Å². The van der Waals surface area contributed by atoms with Crippen LogP contribution in [0.2, 0.25) is 0 Å². The molecule has 0 rings (SSSR count). The summed E-state index contributed by atoms with van der Waals surface area (Å²) in [5.74, 6) is 0. The number of hydrogen-bond donors (Lipinski definition) is 0. The maximum absolute atomic E-state index is 9.58. The van der Waals surface area contributed by atoms with Crippen molar-refractivity contribution >= 4 is 0 Å². The van der Waals surface area contributed by atoms with Crippen molar-refractivity contribution in [3.63, 3.8) is 0 Å². The standard InChI is InChI=1S/CF3/c2-1(3)4. The van der Waals surface area contributed by atoms with Gasteiger partial charge in [-0.15, -0.1) is 0 Å². The van der Waals surface area contributed by atoms with Crippen molar-refractivity contribution in [2.45, 2.75) is 0 Å². The quantitative estimate of drug-likeness (QED) is 0.402. The van der Waals surface area contributed by atoms with Crippen molar-refractivity contribution in [3.05, 3.63) is 6.68 Å². The second kappa shape index (κ2) is 1.15. The summed E-state index contributed by atoms with van der Waals surface area (Å²) in [7, 11) is 0. The van der Waals surface area contributed by atoms with Crippen molar-refractivity contribution in [2.24, 2.45) is 0 Å². The third-order valence-electron chi connectivity index (χ3n) is 0. The van der Waals surface area contributed by atoms with Crippen LogP contribution in [0.3, 0.4) is 0 Å². The van der Waals surface area contributed by atoms with Crippen LogP contribution in [0.4, 0.5) is 13.2 Å². The van der Waals surface area contributed by atoms with E-state index in [0.29, 0.717) is 0 Å². The van der Waals surface area contributed by atoms with Crippen LogP contribution < -0.4 is 0 Å². The van der Waals surface area contributed by atoms with Crippen LogP contribution in [0.5, 0.6) is 0 Å². The van der Waals surface area contributed by atoms with Gasteiger partial charge in [0.1, 0.15) is 0 Å². The van der Waals surface area contributed by atoms with Gasteiger partial charge in [-0.05, 0) is 0 Å². The van der Waals surface area contributed by atoms with E-state index in [0.717, 1.165) is 0 Å². The fraction of sp³-hybridized carbons (Fsp3) is 0. The van der Waals surface area contributed by atoms with Crippen molar-refractivity contribution in [3.8, 4) is 0 Å². The van der Waals surface area contributed by atoms with E-state index in [1.807, 2.05) is 0 Å². The second-order valence-electron chi connectivity index (χ2n) is 0.214. The monoisotopic (exact) mass is 69.0 g/mol. The van der Waals surface area contributed by atoms with E-state index in [4.69, 9.17) is 0 Å². The summed E-state index contributed by atoms with van der Waals surface area (Å²) in [5.41, 5.74) is 0. The lowest BCUT2D eigenvalue weighted by atomic mass is 11.6. The summed E-state index contributed by atoms with van der Waals surface area (Å²) in [5, 5.41) is 0. The molecule has 0 aliphatic heterocycles. The lowest BCUT2D eigenvalue weighted by molar-refractivity contribution is 0.142. The summed E-state index contributed by atoms with van der Waals surface area (Å²) >= 11 is 0. The topological polar surface area (TPSA) is 0 Å². The molecule has 0 aromatic carbocycles. The van der Waals surface area contributed by atoms with Crippen molar-refractivity contribution < 1.29 is 13.2 Å². The van der Waals surface area contributed by atoms with Gasteiger partial charge in [-0.3, -0.25) is 0 Å². The fourth-order valence-electron chi connectivity index (χ4n) is 0. The molecule has 0 unspecified atom stereocenters. The van der Waals surface area contributed by atoms with E-state index in [2.05, 4.69) is 0 Å². The summed E-state index contributed by atoms with van der Waals surface area (Å²) in [4.78, 5) is 0. The molecule has 0 N–H and O–H groups in total. The Morgan fingerprint density at radius 2 is 1.00 bits per heavy atom. The first-order valence-corrected chi connectivity index (χ1v) is 0.567. The predicted octanol–water partition coefficient (Wildman–Crippen LogP) is 1.34. The first-order valence-electron chi connectivity index (χ1n) is 0.567. The minimum atomic E-state index is -3.08. The lowest BCUT2D eigenvalue weighted by Gasteiger charge is -1.60. The molecule has 1 radical (unpaired) electrons. The van der Waals surface area contributed by atoms with Crippen LogP contribution in [0.15, 0.2) is 0 Å². The molecule has 0 saturated carbocycles. The van der Waals surface area contributed by atoms with E-state index in [9.17, 15) is 13.2 Å². The Kier molecular flexibility index (Phi) is 1.09. The highest BCUT2D eigenvalue weighted by molar-refractivity contribution is 4.21. The van der Waals surface area contributed by atoms with Gasteiger partial charge >= 0.3 is 6.68 Å². The smallest absolute Gasteiger partial charge is 0.162 e. The number of halogens is 3. The van der Waals surface area contributed by atoms with Gasteiger partial charge < -0.3 is 0 Å². The molecule has 0 fully saturated rings. The molecule has 0 aromatic heterocycles. The molecule has 0 spiro atoms. The minimum absolute atomic E-state index is 3.08. The number of hydrogen-bond acceptors (Lipinski definition) is 0. The third kappa shape index (κ3) is 25.3. The third-order valence-corrected chi connectivity index (χ3v) is 0. The van der Waals surface area contributed by atoms with E-state index < -0.39 is 6.68 Å². The normalized spacial score (nSPS) is 9.00. The van der Waals surface area contributed by atoms with Crippen molar-refractivity contribution in [2.75, 3.05) is 0 Å². The molecule has 0 aliphatic rings. The van der Waals surface area contributed by atoms with Gasteiger partial charge in [0.05, 0.1) is 0 Å². The molecular weight excluding hydrogens is 69.0 g/mol. The second-order valence-corrected chi connectivity index (χ2v) is 0.214. The lowest BCUT2D eigenvalue weighted by Crippen LogP contribution is -1.49. The van der Waals surface area contributed by atoms with Crippen LogP contribution in [0.25, 0.3) is 0 Å². The fourth-order valence-corrected chi connectivity index (χ4v) is 0. The largest absolute Gasteiger partial charge is 0.487 e. The van der Waals surface area contributed by atoms with Crippen LogP contribution in [-0.2, 0) is 0 Å². The van der Waals surface area contributed by atoms with Gasteiger partial charge in [-0.2, -0.15) is 13.2 Å². The molecule has 25 valence electrons. The van der Waals surface area contributed by atoms with Gasteiger partial charge in [-0.1, -0.05) is 0 Å². The van der Waals surface area contributed by atoms with Crippen LogP contribution >= 0.6 is 0 Å². The molecule has 0 atom stereocenters. The Bertz CT molecular complexity index is 8.00. The van der Waals surface area contributed by atoms with E-state index in [1.165, 1.54) is 0 Å². The Morgan fingerprint density at radius 3 is 1.00 bits per heavy atom. The molecule has 0 aromatic rings. The van der Waals surface area contributed by atoms with Crippen LogP contribution in [0, 0.1) is 6.68 Å². The Hall–Kier alpha value is -0.210. The molecule has 3 heteroatoms. The van der Waals surface area contributed by atoms with Crippen LogP contribution in [-0.4, -0.2) is 0 Å². The summed E-state index contributed by atoms with van der Waals surface area (Å²) in [6.07, 6.45) is 0. The highest BCUT2D eigenvalue weighted by Crippen LogP contribution is 1.99. The Balaban J connectivity index is 2.32. The maximum atomic E-state index is 9.58. The van der Waals surface area contributed by atoms with Crippen molar-refractivity contribution in [1.82, 2.24) is 0 Å². The van der Waals surface area contributed by atoms with E-state index in [-0.39, 0.29) is 0 Å². The highest BCUT2D eigenvalue weighted by atomic mass is 19.4. The SMILES string of the molecule is F[C](F)F. The molecular formula is CF3. The first kappa shape index (κ1) is 3.79. The minimum Gasteiger partial charge on any atom is -0.162 e. The predicted molar refractivity (Wildman–Crippen MR) is 6.57 cm³/mol. The van der Waals surface area contributed by atoms with Crippen LogP contribution in [0.1, 0.15) is 0 Å². The zero-order valence-corrected chi connectivity index (χ0v) is 1.63. The molecule has 0 amide bonds. The highest BCUT2D eigenvalue weighted by Gasteiger charge is 1.93. The maximum Gasteiger partial charge on any atom is 0.487 e. The Labute approximate surface area is 21.2 Å². The zero-order chi connectivity index (χ0) is 3.58. The molecule has 0 heterocycles. The van der Waals surface area contributed by atoms with E-state index >= 15 is 0 Å². The molecule has 0 nitrogen and oxygen atoms in total.